The molecule has 1 unspecified atom stereocenters. The zero-order valence-corrected chi connectivity index (χ0v) is 32.9. The Bertz CT molecular complexity index is 2040. The van der Waals surface area contributed by atoms with Gasteiger partial charge in [-0.1, -0.05) is 71.8 Å². The van der Waals surface area contributed by atoms with Crippen molar-refractivity contribution in [2.24, 2.45) is 11.8 Å². The summed E-state index contributed by atoms with van der Waals surface area (Å²) < 4.78 is 0. The van der Waals surface area contributed by atoms with Crippen molar-refractivity contribution in [3.63, 3.8) is 0 Å². The molecule has 282 valence electrons. The number of aliphatic hydroxyl groups is 2. The third-order valence-electron chi connectivity index (χ3n) is 11.5. The number of aromatic nitrogens is 2. The van der Waals surface area contributed by atoms with Crippen molar-refractivity contribution < 1.29 is 19.8 Å². The first kappa shape index (κ1) is 40.4. The van der Waals surface area contributed by atoms with Gasteiger partial charge in [0.2, 0.25) is 0 Å². The van der Waals surface area contributed by atoms with Crippen molar-refractivity contribution in [1.82, 2.24) is 9.97 Å². The molecular weight excluding hydrogens is 669 g/mol. The molecule has 4 aromatic rings. The predicted molar refractivity (Wildman–Crippen MR) is 219 cm³/mol. The largest absolute Gasteiger partial charge is 0.393 e. The van der Waals surface area contributed by atoms with Gasteiger partial charge in [0.25, 0.3) is 0 Å². The highest BCUT2D eigenvalue weighted by atomic mass is 16.3. The van der Waals surface area contributed by atoms with Crippen LogP contribution >= 0.6 is 0 Å². The number of carbonyl (C=O) groups is 2. The van der Waals surface area contributed by atoms with Crippen LogP contribution in [0.3, 0.4) is 0 Å². The summed E-state index contributed by atoms with van der Waals surface area (Å²) in [6, 6.07) is 20.3. The fraction of sp³-hybridized carbons (Fsp3) is 0.375. The van der Waals surface area contributed by atoms with E-state index in [9.17, 15) is 19.8 Å². The molecule has 3 atom stereocenters. The molecule has 6 nitrogen and oxygen atoms in total. The summed E-state index contributed by atoms with van der Waals surface area (Å²) in [5.74, 6) is 0.879. The smallest absolute Gasteiger partial charge is 0.167 e. The number of hydrogen-bond acceptors (Lipinski definition) is 6. The number of aliphatic hydroxyl groups excluding tert-OH is 1. The third kappa shape index (κ3) is 10.0. The number of pyridine rings is 2. The number of hydrogen-bond donors (Lipinski definition) is 2. The molecule has 2 aromatic heterocycles. The molecule has 2 N–H and O–H groups in total. The van der Waals surface area contributed by atoms with Crippen LogP contribution in [0.5, 0.6) is 0 Å². The Morgan fingerprint density at radius 2 is 1.17 bits per heavy atom. The molecule has 0 amide bonds. The maximum absolute atomic E-state index is 12.6. The zero-order chi connectivity index (χ0) is 39.0. The predicted octanol–water partition coefficient (Wildman–Crippen LogP) is 10.1. The third-order valence-corrected chi connectivity index (χ3v) is 11.5. The van der Waals surface area contributed by atoms with E-state index in [2.05, 4.69) is 73.7 Å². The minimum Gasteiger partial charge on any atom is -0.393 e. The number of benzene rings is 2. The second kappa shape index (κ2) is 18.0. The van der Waals surface area contributed by atoms with E-state index in [0.29, 0.717) is 18.8 Å². The second-order valence-corrected chi connectivity index (χ2v) is 15.7. The van der Waals surface area contributed by atoms with Gasteiger partial charge in [0.15, 0.2) is 11.6 Å². The number of ketones is 2. The lowest BCUT2D eigenvalue weighted by atomic mass is 9.74. The average Bonchev–Trinajstić information content (AvgIpc) is 3.16. The fourth-order valence-electron chi connectivity index (χ4n) is 7.72. The molecule has 0 saturated carbocycles. The van der Waals surface area contributed by atoms with Gasteiger partial charge in [-0.2, -0.15) is 0 Å². The number of aryl methyl sites for hydroxylation is 2. The highest BCUT2D eigenvalue weighted by Gasteiger charge is 2.34. The van der Waals surface area contributed by atoms with Gasteiger partial charge in [-0.15, -0.1) is 0 Å². The van der Waals surface area contributed by atoms with Gasteiger partial charge in [-0.3, -0.25) is 19.6 Å². The summed E-state index contributed by atoms with van der Waals surface area (Å²) in [7, 11) is 0. The van der Waals surface area contributed by atoms with Gasteiger partial charge in [-0.05, 0) is 149 Å². The Morgan fingerprint density at radius 3 is 1.59 bits per heavy atom. The molecule has 6 rings (SSSR count). The topological polar surface area (TPSA) is 100 Å². The molecule has 0 bridgehead atoms. The Labute approximate surface area is 321 Å². The summed E-state index contributed by atoms with van der Waals surface area (Å²) in [6.07, 6.45) is 13.6. The van der Waals surface area contributed by atoms with Crippen LogP contribution in [-0.2, 0) is 12.8 Å². The van der Waals surface area contributed by atoms with Crippen LogP contribution in [0.4, 0.5) is 0 Å². The number of rotatable bonds is 11. The van der Waals surface area contributed by atoms with E-state index >= 15 is 0 Å². The van der Waals surface area contributed by atoms with Gasteiger partial charge in [-0.25, -0.2) is 0 Å². The summed E-state index contributed by atoms with van der Waals surface area (Å²) in [5, 5.41) is 20.0. The molecule has 2 aliphatic carbocycles. The van der Waals surface area contributed by atoms with Crippen LogP contribution in [0.2, 0.25) is 0 Å². The maximum atomic E-state index is 12.6. The lowest BCUT2D eigenvalue weighted by molar-refractivity contribution is -0.0487. The molecule has 0 spiro atoms. The molecule has 0 fully saturated rings. The zero-order valence-electron chi connectivity index (χ0n) is 32.9. The molecule has 2 heterocycles. The van der Waals surface area contributed by atoms with Crippen molar-refractivity contribution in [2.45, 2.75) is 98.5 Å². The SMILES string of the molecule is C=C(C)[C@H]1CCC(C)=C(c2ccc(CC(=O)c3ccncc3C)cc2)C1.CC1=C(c2ccc(CC(=O)c3ccncc3C)cc2)C[C@@H](C(C)(O)CO)CC1. The van der Waals surface area contributed by atoms with Crippen LogP contribution in [0.25, 0.3) is 11.1 Å². The molecule has 6 heteroatoms. The molecule has 2 aromatic carbocycles. The number of carbonyl (C=O) groups excluding carboxylic acids is 2. The van der Waals surface area contributed by atoms with E-state index in [4.69, 9.17) is 0 Å². The standard InChI is InChI=1S/C24H29NO3.C24H27NO/c1-16-4-9-20(24(3,28)15-26)13-22(16)19-7-5-18(6-8-19)12-23(27)21-10-11-25-14-17(21)2;1-16(2)21-8-5-17(3)23(14-21)20-9-6-19(7-10-20)13-24(26)22-11-12-25-15-18(22)4/h5-8,10-11,14,20,26,28H,4,9,12-13,15H2,1-3H3;6-7,9-12,15,21H,1,5,8,13-14H2,2-4H3/t20-,24?;21-/m00/s1. The summed E-state index contributed by atoms with van der Waals surface area (Å²) in [5.41, 5.74) is 13.5. The van der Waals surface area contributed by atoms with Crippen molar-refractivity contribution in [2.75, 3.05) is 6.61 Å². The highest BCUT2D eigenvalue weighted by molar-refractivity contribution is 5.99. The normalized spacial score (nSPS) is 18.4. The molecule has 54 heavy (non-hydrogen) atoms. The summed E-state index contributed by atoms with van der Waals surface area (Å²) in [6.45, 7) is 16.0. The van der Waals surface area contributed by atoms with Gasteiger partial charge in [0.05, 0.1) is 12.2 Å². The first-order chi connectivity index (χ1) is 25.8. The quantitative estimate of drug-likeness (QED) is 0.118. The lowest BCUT2D eigenvalue weighted by Crippen LogP contribution is -2.39. The number of nitrogens with zero attached hydrogens (tertiary/aromatic N) is 2. The maximum Gasteiger partial charge on any atom is 0.167 e. The monoisotopic (exact) mass is 724 g/mol. The summed E-state index contributed by atoms with van der Waals surface area (Å²) in [4.78, 5) is 33.2. The van der Waals surface area contributed by atoms with E-state index in [1.807, 2.05) is 26.0 Å². The molecule has 0 radical (unpaired) electrons. The van der Waals surface area contributed by atoms with Crippen molar-refractivity contribution in [3.05, 3.63) is 153 Å². The summed E-state index contributed by atoms with van der Waals surface area (Å²) >= 11 is 0. The Balaban J connectivity index is 0.000000208. The van der Waals surface area contributed by atoms with E-state index in [1.165, 1.54) is 39.8 Å². The van der Waals surface area contributed by atoms with E-state index < -0.39 is 5.60 Å². The van der Waals surface area contributed by atoms with Crippen molar-refractivity contribution in [1.29, 1.82) is 0 Å². The molecule has 2 aliphatic rings. The van der Waals surface area contributed by atoms with Gasteiger partial charge in [0.1, 0.15) is 0 Å². The molecular formula is C48H56N2O4. The Morgan fingerprint density at radius 1 is 0.722 bits per heavy atom. The van der Waals surface area contributed by atoms with Crippen LogP contribution in [0.1, 0.15) is 120 Å². The van der Waals surface area contributed by atoms with E-state index in [0.717, 1.165) is 71.0 Å². The number of allylic oxidation sites excluding steroid dienone is 5. The van der Waals surface area contributed by atoms with Crippen LogP contribution in [-0.4, -0.2) is 44.0 Å². The fourth-order valence-corrected chi connectivity index (χ4v) is 7.72. The minimum absolute atomic E-state index is 0.0483. The first-order valence-electron chi connectivity index (χ1n) is 19.2. The first-order valence-corrected chi connectivity index (χ1v) is 19.2. The van der Waals surface area contributed by atoms with Crippen molar-refractivity contribution >= 4 is 22.7 Å². The molecule has 0 saturated heterocycles. The highest BCUT2D eigenvalue weighted by Crippen LogP contribution is 2.41. The molecule has 0 aliphatic heterocycles. The second-order valence-electron chi connectivity index (χ2n) is 15.7. The van der Waals surface area contributed by atoms with Crippen LogP contribution in [0, 0.1) is 25.7 Å². The van der Waals surface area contributed by atoms with Gasteiger partial charge < -0.3 is 10.2 Å². The average molecular weight is 725 g/mol. The van der Waals surface area contributed by atoms with E-state index in [1.54, 1.807) is 43.8 Å². The van der Waals surface area contributed by atoms with Gasteiger partial charge in [0, 0.05) is 48.8 Å². The minimum atomic E-state index is -1.05. The number of Topliss-reactive ketones (excluding diaryl/α,β-unsaturated/α-hetero) is 2. The van der Waals surface area contributed by atoms with Gasteiger partial charge >= 0.3 is 0 Å². The Kier molecular flexibility index (Phi) is 13.5. The van der Waals surface area contributed by atoms with Crippen LogP contribution < -0.4 is 0 Å². The lowest BCUT2D eigenvalue weighted by Gasteiger charge is -2.36. The van der Waals surface area contributed by atoms with E-state index in [-0.39, 0.29) is 24.1 Å². The Hall–Kier alpha value is -4.78. The van der Waals surface area contributed by atoms with Crippen molar-refractivity contribution in [3.8, 4) is 0 Å². The van der Waals surface area contributed by atoms with Crippen LogP contribution in [0.15, 0.2) is 109 Å².